The van der Waals surface area contributed by atoms with Crippen molar-refractivity contribution in [3.63, 3.8) is 0 Å². The van der Waals surface area contributed by atoms with E-state index in [0.29, 0.717) is 11.3 Å². The van der Waals surface area contributed by atoms with Crippen molar-refractivity contribution in [1.29, 1.82) is 0 Å². The second-order valence-electron chi connectivity index (χ2n) is 15.0. The Morgan fingerprint density at radius 1 is 0.865 bits per heavy atom. The van der Waals surface area contributed by atoms with Gasteiger partial charge in [-0.2, -0.15) is 0 Å². The molecule has 0 spiro atoms. The topological polar surface area (TPSA) is 63.1 Å². The minimum absolute atomic E-state index is 0. The van der Waals surface area contributed by atoms with Crippen molar-refractivity contribution >= 4 is 67.6 Å². The van der Waals surface area contributed by atoms with E-state index in [1.165, 1.54) is 22.0 Å². The Hall–Kier alpha value is -3.77. The predicted octanol–water partition coefficient (Wildman–Crippen LogP) is 10.9. The first-order valence-corrected chi connectivity index (χ1v) is 21.7. The van der Waals surface area contributed by atoms with E-state index in [4.69, 9.17) is 9.97 Å². The molecule has 0 saturated carbocycles. The number of rotatable bonds is 9. The van der Waals surface area contributed by atoms with Gasteiger partial charge in [0.1, 0.15) is 5.82 Å². The summed E-state index contributed by atoms with van der Waals surface area (Å²) < 4.78 is 15.3. The summed E-state index contributed by atoms with van der Waals surface area (Å²) in [5.74, 6) is 0.873. The number of halogens is 1. The number of nitrogens with zero attached hydrogens (tertiary/aromatic N) is 2. The molecular weight excluding hydrogens is 840 g/mol. The molecule has 0 atom stereocenters. The summed E-state index contributed by atoms with van der Waals surface area (Å²) in [4.78, 5) is 21.8. The summed E-state index contributed by atoms with van der Waals surface area (Å²) in [6.07, 6.45) is 7.66. The Balaban J connectivity index is 0.000000280. The second kappa shape index (κ2) is 16.1. The van der Waals surface area contributed by atoms with Crippen molar-refractivity contribution in [2.75, 3.05) is 0 Å². The average molecular weight is 890 g/mol. The number of fused-ring (bicyclic) bond motifs is 7. The molecule has 7 rings (SSSR count). The SMILES string of the molecule is CC(C)Cc1cc(F)c2ccc3c4ccnc5c4c(cc3c2c1)[Si](C)(C)c1nc2ccccc2[c-]c1-5.CCC(CC)C(=O)/C=C(\O)C(CC)CC.[Ir]. The van der Waals surface area contributed by atoms with Gasteiger partial charge in [-0.1, -0.05) is 113 Å². The number of para-hydroxylation sites is 1. The van der Waals surface area contributed by atoms with E-state index in [2.05, 4.69) is 69.4 Å². The molecule has 1 N–H and O–H groups in total. The van der Waals surface area contributed by atoms with Gasteiger partial charge in [-0.05, 0) is 93.5 Å². The fourth-order valence-electron chi connectivity index (χ4n) is 7.88. The van der Waals surface area contributed by atoms with Gasteiger partial charge in [0.25, 0.3) is 0 Å². The molecule has 2 aromatic heterocycles. The number of ketones is 1. The number of hydrogen-bond donors (Lipinski definition) is 1. The molecule has 0 unspecified atom stereocenters. The van der Waals surface area contributed by atoms with Crippen LogP contribution in [0.1, 0.15) is 72.8 Å². The van der Waals surface area contributed by atoms with Gasteiger partial charge in [0, 0.05) is 55.3 Å². The third-order valence-corrected chi connectivity index (χ3v) is 14.1. The van der Waals surface area contributed by atoms with Gasteiger partial charge in [-0.15, -0.1) is 12.1 Å². The number of hydrogen-bond acceptors (Lipinski definition) is 4. The van der Waals surface area contributed by atoms with Crippen LogP contribution in [0.2, 0.25) is 13.1 Å². The molecule has 0 aliphatic carbocycles. The standard InChI is InChI=1S/C32H26FN2Si.C13H24O2.Ir/c1-18(2)13-19-14-24-22(27(33)15-19)10-9-21-23-11-12-34-31-26-16-20-7-5-6-8-28(20)35-32(26)36(3,4)29(30(23)31)17-25(21)24;1-5-10(6-2)12(14)9-13(15)11(7-3)8-4;/h5-12,14-15,17-18H,13H2,1-4H3;9-11,14H,5-8H2,1-4H3;/q-1;;/b;12-9-;. The van der Waals surface area contributed by atoms with Crippen LogP contribution in [0.4, 0.5) is 4.39 Å². The van der Waals surface area contributed by atoms with Gasteiger partial charge in [0.2, 0.25) is 0 Å². The van der Waals surface area contributed by atoms with Crippen molar-refractivity contribution in [2.45, 2.75) is 86.7 Å². The number of carbonyl (C=O) groups excluding carboxylic acids is 1. The minimum Gasteiger partial charge on any atom is -0.512 e. The average Bonchev–Trinajstić information content (AvgIpc) is 3.11. The van der Waals surface area contributed by atoms with E-state index in [-0.39, 0.29) is 49.3 Å². The predicted molar refractivity (Wildman–Crippen MR) is 215 cm³/mol. The molecule has 4 nitrogen and oxygen atoms in total. The van der Waals surface area contributed by atoms with E-state index in [0.717, 1.165) is 81.3 Å². The second-order valence-corrected chi connectivity index (χ2v) is 19.3. The van der Waals surface area contributed by atoms with Crippen LogP contribution in [0.5, 0.6) is 0 Å². The Bertz CT molecular complexity index is 2310. The normalized spacial score (nSPS) is 13.5. The molecule has 0 fully saturated rings. The summed E-state index contributed by atoms with van der Waals surface area (Å²) in [5, 5.41) is 19.5. The number of benzene rings is 4. The molecule has 0 bridgehead atoms. The summed E-state index contributed by atoms with van der Waals surface area (Å²) in [5.41, 5.74) is 4.02. The Kier molecular flexibility index (Phi) is 12.2. The van der Waals surface area contributed by atoms with Crippen LogP contribution in [-0.4, -0.2) is 28.9 Å². The summed E-state index contributed by atoms with van der Waals surface area (Å²) >= 11 is 0. The molecule has 273 valence electrons. The van der Waals surface area contributed by atoms with Crippen molar-refractivity contribution < 1.29 is 34.4 Å². The van der Waals surface area contributed by atoms with Crippen molar-refractivity contribution in [3.05, 3.63) is 96.1 Å². The van der Waals surface area contributed by atoms with Crippen molar-refractivity contribution in [1.82, 2.24) is 9.97 Å². The molecule has 0 saturated heterocycles. The van der Waals surface area contributed by atoms with Crippen molar-refractivity contribution in [3.8, 4) is 11.3 Å². The Morgan fingerprint density at radius 3 is 2.19 bits per heavy atom. The monoisotopic (exact) mass is 890 g/mol. The van der Waals surface area contributed by atoms with Crippen LogP contribution in [-0.2, 0) is 31.3 Å². The van der Waals surface area contributed by atoms with Gasteiger partial charge < -0.3 is 10.1 Å². The number of aliphatic hydroxyl groups is 1. The fraction of sp³-hybridized carbons (Fsp3) is 0.356. The summed E-state index contributed by atoms with van der Waals surface area (Å²) in [6, 6.07) is 24.3. The zero-order chi connectivity index (χ0) is 36.6. The van der Waals surface area contributed by atoms with E-state index in [1.54, 1.807) is 6.07 Å². The van der Waals surface area contributed by atoms with Crippen molar-refractivity contribution in [2.24, 2.45) is 17.8 Å². The number of allylic oxidation sites excluding steroid dienone is 2. The van der Waals surface area contributed by atoms with Gasteiger partial charge >= 0.3 is 0 Å². The first-order valence-electron chi connectivity index (χ1n) is 18.7. The van der Waals surface area contributed by atoms with Crippen LogP contribution in [0.25, 0.3) is 54.5 Å². The molecule has 6 aromatic rings. The Morgan fingerprint density at radius 2 is 1.52 bits per heavy atom. The molecule has 1 aliphatic heterocycles. The van der Waals surface area contributed by atoms with Crippen LogP contribution in [0.15, 0.2) is 78.7 Å². The molecule has 7 heteroatoms. The number of aliphatic hydroxyl groups excluding tert-OH is 1. The molecule has 52 heavy (non-hydrogen) atoms. The summed E-state index contributed by atoms with van der Waals surface area (Å²) in [6.45, 7) is 17.2. The molecular formula is C45H50FIrN2O2Si-. The van der Waals surface area contributed by atoms with Crippen LogP contribution >= 0.6 is 0 Å². The zero-order valence-electron chi connectivity index (χ0n) is 31.7. The maximum absolute atomic E-state index is 15.3. The largest absolute Gasteiger partial charge is 0.512 e. The first kappa shape index (κ1) is 39.4. The minimum atomic E-state index is -2.21. The van der Waals surface area contributed by atoms with Crippen LogP contribution in [0.3, 0.4) is 0 Å². The molecule has 1 radical (unpaired) electrons. The third-order valence-electron chi connectivity index (χ3n) is 10.8. The quantitative estimate of drug-likeness (QED) is 0.0516. The van der Waals surface area contributed by atoms with Gasteiger partial charge in [-0.25, -0.2) is 4.39 Å². The van der Waals surface area contributed by atoms with E-state index < -0.39 is 8.07 Å². The Labute approximate surface area is 322 Å². The molecule has 4 aromatic carbocycles. The van der Waals surface area contributed by atoms with Gasteiger partial charge in [0.05, 0.1) is 13.8 Å². The van der Waals surface area contributed by atoms with E-state index >= 15 is 4.39 Å². The van der Waals surface area contributed by atoms with Gasteiger partial charge in [-0.3, -0.25) is 9.78 Å². The molecule has 1 aliphatic rings. The van der Waals surface area contributed by atoms with Crippen LogP contribution < -0.4 is 10.5 Å². The molecule has 0 amide bonds. The van der Waals surface area contributed by atoms with E-state index in [1.807, 2.05) is 52.1 Å². The zero-order valence-corrected chi connectivity index (χ0v) is 35.1. The maximum Gasteiger partial charge on any atom is 0.162 e. The van der Waals surface area contributed by atoms with Crippen LogP contribution in [0, 0.1) is 29.6 Å². The fourth-order valence-corrected chi connectivity index (χ4v) is 10.7. The summed E-state index contributed by atoms with van der Waals surface area (Å²) in [7, 11) is -2.21. The van der Waals surface area contributed by atoms with Gasteiger partial charge in [0.15, 0.2) is 5.78 Å². The maximum atomic E-state index is 15.3. The van der Waals surface area contributed by atoms with E-state index in [9.17, 15) is 9.90 Å². The number of pyridine rings is 2. The first-order chi connectivity index (χ1) is 24.4. The number of carbonyl (C=O) groups is 1. The molecule has 3 heterocycles. The smallest absolute Gasteiger partial charge is 0.162 e. The number of aromatic nitrogens is 2. The third kappa shape index (κ3) is 7.25.